The number of nitrogens with one attached hydrogen (secondary N) is 1. The largest absolute Gasteiger partial charge is 0.497 e. The molecule has 37 heavy (non-hydrogen) atoms. The summed E-state index contributed by atoms with van der Waals surface area (Å²) in [5.74, 6) is 1.88. The van der Waals surface area contributed by atoms with Crippen molar-refractivity contribution in [2.75, 3.05) is 39.9 Å². The summed E-state index contributed by atoms with van der Waals surface area (Å²) in [5, 5.41) is 3.04. The van der Waals surface area contributed by atoms with E-state index in [0.29, 0.717) is 41.7 Å². The third-order valence-corrected chi connectivity index (χ3v) is 6.63. The summed E-state index contributed by atoms with van der Waals surface area (Å²) < 4.78 is 21.2. The first-order chi connectivity index (χ1) is 18.0. The Hall–Kier alpha value is -4.20. The van der Waals surface area contributed by atoms with E-state index in [9.17, 15) is 9.59 Å². The van der Waals surface area contributed by atoms with Crippen molar-refractivity contribution in [3.63, 3.8) is 0 Å². The van der Waals surface area contributed by atoms with Crippen LogP contribution in [0, 0.1) is 5.92 Å². The molecule has 0 radical (unpaired) electrons. The maximum Gasteiger partial charge on any atom is 0.228 e. The van der Waals surface area contributed by atoms with Crippen LogP contribution in [0.5, 0.6) is 23.0 Å². The summed E-state index contributed by atoms with van der Waals surface area (Å²) in [7, 11) is 6.38. The number of carbonyl (C=O) groups excluding carboxylic acids is 2. The molecular formula is C29H32N2O6. The molecule has 1 N–H and O–H groups in total. The van der Waals surface area contributed by atoms with Gasteiger partial charge >= 0.3 is 0 Å². The molecule has 0 aliphatic carbocycles. The molecule has 1 aliphatic heterocycles. The highest BCUT2D eigenvalue weighted by Gasteiger charge is 2.45. The van der Waals surface area contributed by atoms with Gasteiger partial charge in [0.15, 0.2) is 11.5 Å². The smallest absolute Gasteiger partial charge is 0.228 e. The third kappa shape index (κ3) is 5.63. The van der Waals surface area contributed by atoms with Crippen molar-refractivity contribution in [3.05, 3.63) is 77.9 Å². The van der Waals surface area contributed by atoms with E-state index in [1.165, 1.54) is 0 Å². The molecule has 3 aromatic carbocycles. The first-order valence-electron chi connectivity index (χ1n) is 12.1. The zero-order valence-electron chi connectivity index (χ0n) is 21.5. The Morgan fingerprint density at radius 2 is 1.46 bits per heavy atom. The summed E-state index contributed by atoms with van der Waals surface area (Å²) in [6.07, 6.45) is 0.729. The van der Waals surface area contributed by atoms with Crippen LogP contribution in [-0.4, -0.2) is 46.8 Å². The Labute approximate surface area is 217 Å². The Kier molecular flexibility index (Phi) is 8.18. The standard InChI is InChI=1S/C29H32N2O6/c1-34-22-10-6-20(7-11-22)28-24(18-27(32)31(28)21-8-12-23(35-2)13-9-21)29(33)30-16-15-19-5-14-25(36-3)26(17-19)37-4/h5-14,17,24,28H,15-16,18H2,1-4H3,(H,30,33)/t24-,28+/m0/s1. The maximum absolute atomic E-state index is 13.4. The second-order valence-electron chi connectivity index (χ2n) is 8.72. The van der Waals surface area contributed by atoms with Crippen LogP contribution in [0.25, 0.3) is 0 Å². The van der Waals surface area contributed by atoms with E-state index < -0.39 is 12.0 Å². The van der Waals surface area contributed by atoms with Gasteiger partial charge in [-0.3, -0.25) is 9.59 Å². The molecule has 3 aromatic rings. The van der Waals surface area contributed by atoms with E-state index in [4.69, 9.17) is 18.9 Å². The first kappa shape index (κ1) is 25.9. The van der Waals surface area contributed by atoms with Gasteiger partial charge in [-0.15, -0.1) is 0 Å². The van der Waals surface area contributed by atoms with Gasteiger partial charge in [-0.1, -0.05) is 18.2 Å². The minimum absolute atomic E-state index is 0.106. The molecule has 0 saturated carbocycles. The highest BCUT2D eigenvalue weighted by molar-refractivity contribution is 6.01. The minimum Gasteiger partial charge on any atom is -0.497 e. The first-order valence-corrected chi connectivity index (χ1v) is 12.1. The number of carbonyl (C=O) groups is 2. The topological polar surface area (TPSA) is 86.3 Å². The van der Waals surface area contributed by atoms with Gasteiger partial charge in [0.1, 0.15) is 11.5 Å². The molecule has 2 amide bonds. The number of anilines is 1. The molecule has 8 nitrogen and oxygen atoms in total. The second-order valence-corrected chi connectivity index (χ2v) is 8.72. The fourth-order valence-corrected chi connectivity index (χ4v) is 4.70. The summed E-state index contributed by atoms with van der Waals surface area (Å²) >= 11 is 0. The van der Waals surface area contributed by atoms with E-state index in [1.54, 1.807) is 33.3 Å². The van der Waals surface area contributed by atoms with Gasteiger partial charge in [0.25, 0.3) is 0 Å². The number of amides is 2. The van der Waals surface area contributed by atoms with Crippen LogP contribution >= 0.6 is 0 Å². The molecule has 1 heterocycles. The average Bonchev–Trinajstić information content (AvgIpc) is 3.29. The van der Waals surface area contributed by atoms with Crippen LogP contribution < -0.4 is 29.2 Å². The van der Waals surface area contributed by atoms with E-state index in [-0.39, 0.29) is 18.2 Å². The van der Waals surface area contributed by atoms with Crippen LogP contribution in [0.15, 0.2) is 66.7 Å². The zero-order chi connectivity index (χ0) is 26.4. The van der Waals surface area contributed by atoms with Crippen LogP contribution in [-0.2, 0) is 16.0 Å². The van der Waals surface area contributed by atoms with Gasteiger partial charge in [-0.05, 0) is 66.1 Å². The molecule has 1 fully saturated rings. The molecule has 194 valence electrons. The Balaban J connectivity index is 1.54. The summed E-state index contributed by atoms with van der Waals surface area (Å²) in [6, 6.07) is 20.0. The molecule has 0 aromatic heterocycles. The lowest BCUT2D eigenvalue weighted by molar-refractivity contribution is -0.126. The Morgan fingerprint density at radius 3 is 2.05 bits per heavy atom. The summed E-state index contributed by atoms with van der Waals surface area (Å²) in [4.78, 5) is 28.4. The van der Waals surface area contributed by atoms with Gasteiger partial charge in [0.05, 0.1) is 40.4 Å². The predicted molar refractivity (Wildman–Crippen MR) is 141 cm³/mol. The average molecular weight is 505 g/mol. The van der Waals surface area contributed by atoms with Crippen molar-refractivity contribution in [3.8, 4) is 23.0 Å². The van der Waals surface area contributed by atoms with Crippen molar-refractivity contribution in [1.29, 1.82) is 0 Å². The molecule has 2 atom stereocenters. The third-order valence-electron chi connectivity index (χ3n) is 6.63. The molecule has 0 unspecified atom stereocenters. The highest BCUT2D eigenvalue weighted by Crippen LogP contribution is 2.42. The fourth-order valence-electron chi connectivity index (χ4n) is 4.70. The number of hydrogen-bond acceptors (Lipinski definition) is 6. The number of nitrogens with zero attached hydrogens (tertiary/aromatic N) is 1. The molecule has 4 rings (SSSR count). The molecule has 8 heteroatoms. The van der Waals surface area contributed by atoms with Gasteiger partial charge < -0.3 is 29.2 Å². The van der Waals surface area contributed by atoms with Crippen LogP contribution in [0.4, 0.5) is 5.69 Å². The lowest BCUT2D eigenvalue weighted by Gasteiger charge is -2.28. The Bertz CT molecular complexity index is 1230. The highest BCUT2D eigenvalue weighted by atomic mass is 16.5. The Morgan fingerprint density at radius 1 is 0.838 bits per heavy atom. The fraction of sp³-hybridized carbons (Fsp3) is 0.310. The second kappa shape index (κ2) is 11.7. The van der Waals surface area contributed by atoms with Crippen LogP contribution in [0.2, 0.25) is 0 Å². The number of benzene rings is 3. The van der Waals surface area contributed by atoms with Crippen LogP contribution in [0.1, 0.15) is 23.6 Å². The molecule has 1 saturated heterocycles. The van der Waals surface area contributed by atoms with E-state index in [1.807, 2.05) is 66.7 Å². The number of methoxy groups -OCH3 is 4. The lowest BCUT2D eigenvalue weighted by atomic mass is 9.92. The quantitative estimate of drug-likeness (QED) is 0.446. The van der Waals surface area contributed by atoms with Crippen molar-refractivity contribution in [2.45, 2.75) is 18.9 Å². The van der Waals surface area contributed by atoms with E-state index in [0.717, 1.165) is 11.1 Å². The van der Waals surface area contributed by atoms with E-state index >= 15 is 0 Å². The molecule has 0 spiro atoms. The summed E-state index contributed by atoms with van der Waals surface area (Å²) in [6.45, 7) is 0.427. The lowest BCUT2D eigenvalue weighted by Crippen LogP contribution is -2.36. The minimum atomic E-state index is -0.548. The zero-order valence-corrected chi connectivity index (χ0v) is 21.5. The normalized spacial score (nSPS) is 16.9. The number of hydrogen-bond donors (Lipinski definition) is 1. The number of rotatable bonds is 10. The van der Waals surface area contributed by atoms with Gasteiger partial charge in [0.2, 0.25) is 11.8 Å². The van der Waals surface area contributed by atoms with Crippen molar-refractivity contribution < 1.29 is 28.5 Å². The van der Waals surface area contributed by atoms with Gasteiger partial charge in [0, 0.05) is 18.7 Å². The van der Waals surface area contributed by atoms with Crippen molar-refractivity contribution in [2.24, 2.45) is 5.92 Å². The van der Waals surface area contributed by atoms with Gasteiger partial charge in [-0.2, -0.15) is 0 Å². The maximum atomic E-state index is 13.4. The van der Waals surface area contributed by atoms with Gasteiger partial charge in [-0.25, -0.2) is 0 Å². The molecule has 1 aliphatic rings. The van der Waals surface area contributed by atoms with Crippen molar-refractivity contribution in [1.82, 2.24) is 5.32 Å². The van der Waals surface area contributed by atoms with Crippen LogP contribution in [0.3, 0.4) is 0 Å². The number of ether oxygens (including phenoxy) is 4. The molecule has 0 bridgehead atoms. The SMILES string of the molecule is COc1ccc([C@@H]2[C@@H](C(=O)NCCc3ccc(OC)c(OC)c3)CC(=O)N2c2ccc(OC)cc2)cc1. The molecular weight excluding hydrogens is 472 g/mol. The van der Waals surface area contributed by atoms with E-state index in [2.05, 4.69) is 5.32 Å². The summed E-state index contributed by atoms with van der Waals surface area (Å²) in [5.41, 5.74) is 2.58. The monoisotopic (exact) mass is 504 g/mol. The predicted octanol–water partition coefficient (Wildman–Crippen LogP) is 4.17. The van der Waals surface area contributed by atoms with Crippen molar-refractivity contribution >= 4 is 17.5 Å².